The van der Waals surface area contributed by atoms with Crippen LogP contribution in [0.2, 0.25) is 6.32 Å². The topological polar surface area (TPSA) is 37.3 Å². The molecular formula is C4H13B3O2Ru. The predicted octanol–water partition coefficient (Wildman–Crippen LogP) is -1.15. The minimum absolute atomic E-state index is 0. The average Bonchev–Trinajstić information content (AvgIpc) is 1.66. The summed E-state index contributed by atoms with van der Waals surface area (Å²) in [6.45, 7) is 3.30. The molecule has 0 bridgehead atoms. The standard InChI is InChI=1S/C2H9B3.C2H4O2.Ru/c1-2-4-5-3;1-2(3)4;/h4-5H,2-3H2,1H3;1H3,(H,3,4);. The third kappa shape index (κ3) is 84.1. The zero-order chi connectivity index (χ0) is 7.70. The largest absolute Gasteiger partial charge is 0.481 e. The van der Waals surface area contributed by atoms with E-state index in [0.717, 1.165) is 6.92 Å². The molecule has 1 N–H and O–H groups in total. The number of rotatable bonds is 2. The van der Waals surface area contributed by atoms with Crippen LogP contribution in [0.1, 0.15) is 13.8 Å². The van der Waals surface area contributed by atoms with E-state index >= 15 is 0 Å². The van der Waals surface area contributed by atoms with E-state index in [0.29, 0.717) is 0 Å². The van der Waals surface area contributed by atoms with Crippen LogP contribution in [0.5, 0.6) is 0 Å². The predicted molar refractivity (Wildman–Crippen MR) is 46.6 cm³/mol. The first kappa shape index (κ1) is 16.7. The molecular weight excluding hydrogens is 214 g/mol. The molecule has 0 saturated carbocycles. The van der Waals surface area contributed by atoms with Gasteiger partial charge in [0.25, 0.3) is 5.97 Å². The van der Waals surface area contributed by atoms with Gasteiger partial charge in [-0.15, -0.1) is 0 Å². The molecule has 0 unspecified atom stereocenters. The average molecular weight is 227 g/mol. The number of aliphatic carboxylic acids is 1. The fourth-order valence-corrected chi connectivity index (χ4v) is 0.354. The van der Waals surface area contributed by atoms with Gasteiger partial charge in [-0.1, -0.05) is 13.2 Å². The van der Waals surface area contributed by atoms with Gasteiger partial charge in [0.2, 0.25) is 0 Å². The Labute approximate surface area is 77.8 Å². The first-order chi connectivity index (χ1) is 4.15. The Morgan fingerprint density at radius 1 is 1.70 bits per heavy atom. The van der Waals surface area contributed by atoms with Crippen LogP contribution in [0, 0.1) is 0 Å². The van der Waals surface area contributed by atoms with Crippen LogP contribution in [0.4, 0.5) is 0 Å². The number of carboxylic acids is 1. The van der Waals surface area contributed by atoms with Crippen LogP contribution < -0.4 is 0 Å². The first-order valence-electron chi connectivity index (χ1n) is 3.34. The molecule has 0 rings (SSSR count). The molecule has 0 aromatic rings. The van der Waals surface area contributed by atoms with Crippen LogP contribution in [-0.2, 0) is 24.3 Å². The Bertz CT molecular complexity index is 65.5. The molecule has 0 saturated heterocycles. The second kappa shape index (κ2) is 16.1. The summed E-state index contributed by atoms with van der Waals surface area (Å²) in [7, 11) is 4.94. The fraction of sp³-hybridized carbons (Fsp3) is 0.750. The summed E-state index contributed by atoms with van der Waals surface area (Å²) in [5.74, 6) is -0.833. The van der Waals surface area contributed by atoms with Crippen LogP contribution >= 0.6 is 0 Å². The van der Waals surface area contributed by atoms with E-state index < -0.39 is 5.97 Å². The van der Waals surface area contributed by atoms with Crippen molar-refractivity contribution in [2.75, 3.05) is 0 Å². The second-order valence-corrected chi connectivity index (χ2v) is 1.87. The third-order valence-electron chi connectivity index (χ3n) is 0.707. The molecule has 2 nitrogen and oxygen atoms in total. The Balaban J connectivity index is -0.0000000910. The van der Waals surface area contributed by atoms with Gasteiger partial charge in [-0.2, -0.15) is 0 Å². The van der Waals surface area contributed by atoms with Gasteiger partial charge in [0.05, 0.1) is 22.0 Å². The molecule has 0 aromatic heterocycles. The molecule has 0 aliphatic heterocycles. The van der Waals surface area contributed by atoms with Crippen molar-refractivity contribution in [1.82, 2.24) is 0 Å². The van der Waals surface area contributed by atoms with Gasteiger partial charge in [0.15, 0.2) is 0 Å². The van der Waals surface area contributed by atoms with E-state index in [1.54, 1.807) is 0 Å². The first-order valence-corrected chi connectivity index (χ1v) is 3.34. The molecule has 0 amide bonds. The molecule has 6 heteroatoms. The summed E-state index contributed by atoms with van der Waals surface area (Å²) >= 11 is 0. The summed E-state index contributed by atoms with van der Waals surface area (Å²) in [6, 6.07) is 0. The number of carbonyl (C=O) groups is 1. The maximum absolute atomic E-state index is 9.00. The van der Waals surface area contributed by atoms with Gasteiger partial charge < -0.3 is 5.11 Å². The summed E-state index contributed by atoms with van der Waals surface area (Å²) < 4.78 is 0. The minimum atomic E-state index is -0.833. The number of hydrogen-bond acceptors (Lipinski definition) is 1. The van der Waals surface area contributed by atoms with Crippen LogP contribution in [0.15, 0.2) is 0 Å². The summed E-state index contributed by atoms with van der Waals surface area (Å²) in [6.07, 6.45) is 1.34. The third-order valence-corrected chi connectivity index (χ3v) is 0.707. The monoisotopic (exact) mass is 228 g/mol. The summed E-state index contributed by atoms with van der Waals surface area (Å²) in [4.78, 5) is 9.00. The van der Waals surface area contributed by atoms with Gasteiger partial charge in [-0.25, -0.2) is 0 Å². The van der Waals surface area contributed by atoms with Crippen LogP contribution in [0.3, 0.4) is 0 Å². The van der Waals surface area contributed by atoms with Crippen LogP contribution in [0.25, 0.3) is 0 Å². The number of hydrogen-bond donors (Lipinski definition) is 1. The van der Waals surface area contributed by atoms with Crippen molar-refractivity contribution in [3.63, 3.8) is 0 Å². The van der Waals surface area contributed by atoms with E-state index in [1.165, 1.54) is 20.6 Å². The van der Waals surface area contributed by atoms with Crippen molar-refractivity contribution in [2.45, 2.75) is 20.2 Å². The van der Waals surface area contributed by atoms with Gasteiger partial charge in [0, 0.05) is 26.4 Å². The number of carboxylic acid groups (broad SMARTS) is 1. The smallest absolute Gasteiger partial charge is 0.300 e. The Morgan fingerprint density at radius 3 is 2.00 bits per heavy atom. The SMILES string of the molecule is BBBCC.CC(=O)O.[Ru]. The second-order valence-electron chi connectivity index (χ2n) is 1.87. The molecule has 0 spiro atoms. The van der Waals surface area contributed by atoms with Gasteiger partial charge in [0.1, 0.15) is 0 Å². The summed E-state index contributed by atoms with van der Waals surface area (Å²) in [5, 5.41) is 7.42. The molecule has 0 aromatic carbocycles. The van der Waals surface area contributed by atoms with Crippen molar-refractivity contribution >= 4 is 27.9 Å². The molecule has 0 fully saturated rings. The Morgan fingerprint density at radius 2 is 2.00 bits per heavy atom. The van der Waals surface area contributed by atoms with Crippen molar-refractivity contribution in [1.29, 1.82) is 0 Å². The molecule has 0 radical (unpaired) electrons. The fourth-order valence-electron chi connectivity index (χ4n) is 0.354. The van der Waals surface area contributed by atoms with Crippen molar-refractivity contribution in [3.05, 3.63) is 0 Å². The Hall–Kier alpha value is 0.288. The van der Waals surface area contributed by atoms with Crippen molar-refractivity contribution in [2.24, 2.45) is 0 Å². The molecule has 0 aliphatic carbocycles. The van der Waals surface area contributed by atoms with E-state index in [1.807, 2.05) is 0 Å². The van der Waals surface area contributed by atoms with Gasteiger partial charge >= 0.3 is 0 Å². The van der Waals surface area contributed by atoms with E-state index in [9.17, 15) is 0 Å². The van der Waals surface area contributed by atoms with Gasteiger partial charge in [-0.05, 0) is 0 Å². The van der Waals surface area contributed by atoms with Crippen LogP contribution in [-0.4, -0.2) is 33.0 Å². The zero-order valence-electron chi connectivity index (χ0n) is 6.83. The maximum atomic E-state index is 9.00. The minimum Gasteiger partial charge on any atom is -0.481 e. The molecule has 0 heterocycles. The molecule has 10 heavy (non-hydrogen) atoms. The zero-order valence-corrected chi connectivity index (χ0v) is 8.57. The molecule has 58 valence electrons. The molecule has 0 aliphatic rings. The molecule has 0 atom stereocenters. The van der Waals surface area contributed by atoms with Crippen molar-refractivity contribution < 1.29 is 29.4 Å². The van der Waals surface area contributed by atoms with Gasteiger partial charge in [-0.3, -0.25) is 4.79 Å². The summed E-state index contributed by atoms with van der Waals surface area (Å²) in [5.41, 5.74) is 0. The quantitative estimate of drug-likeness (QED) is 0.604. The van der Waals surface area contributed by atoms with E-state index in [-0.39, 0.29) is 19.5 Å². The van der Waals surface area contributed by atoms with E-state index in [4.69, 9.17) is 9.90 Å². The van der Waals surface area contributed by atoms with Crippen molar-refractivity contribution in [3.8, 4) is 0 Å². The van der Waals surface area contributed by atoms with E-state index in [2.05, 4.69) is 14.7 Å². The maximum Gasteiger partial charge on any atom is 0.300 e. The Kier molecular flexibility index (Phi) is 27.0. The normalized spacial score (nSPS) is 5.80.